The molecule has 2 saturated carbocycles. The maximum absolute atomic E-state index is 12.9. The number of carbonyl (C=O) groups excluding carboxylic acids is 2. The van der Waals surface area contributed by atoms with Gasteiger partial charge in [0.1, 0.15) is 11.6 Å². The lowest BCUT2D eigenvalue weighted by atomic mass is 9.65. The van der Waals surface area contributed by atoms with E-state index in [1.165, 1.54) is 12.0 Å². The number of benzene rings is 1. The fourth-order valence-electron chi connectivity index (χ4n) is 4.50. The minimum absolute atomic E-state index is 0.0437. The Balaban J connectivity index is 1.69. The van der Waals surface area contributed by atoms with E-state index in [0.717, 1.165) is 32.1 Å². The topological polar surface area (TPSA) is 54.4 Å². The monoisotopic (exact) mass is 314 g/mol. The summed E-state index contributed by atoms with van der Waals surface area (Å²) in [6, 6.07) is 10.0. The Hall–Kier alpha value is -1.48. The molecule has 0 heterocycles. The maximum atomic E-state index is 12.9. The molecule has 1 aromatic rings. The van der Waals surface area contributed by atoms with Crippen molar-refractivity contribution in [3.8, 4) is 0 Å². The molecule has 23 heavy (non-hydrogen) atoms. The third-order valence-corrected chi connectivity index (χ3v) is 5.95. The molecule has 0 aliphatic heterocycles. The summed E-state index contributed by atoms with van der Waals surface area (Å²) in [4.78, 5) is 25.3. The first-order chi connectivity index (χ1) is 11.2. The quantitative estimate of drug-likeness (QED) is 0.848. The number of hydrogen-bond donors (Lipinski definition) is 1. The molecule has 0 spiro atoms. The van der Waals surface area contributed by atoms with Crippen LogP contribution in [-0.4, -0.2) is 23.3 Å². The van der Waals surface area contributed by atoms with Gasteiger partial charge >= 0.3 is 0 Å². The van der Waals surface area contributed by atoms with Gasteiger partial charge in [0, 0.05) is 24.4 Å². The SMILES string of the molecule is O=C1C[C@H](C2(CO)CCCCC2)C(=O)C1CCc1ccccc1. The van der Waals surface area contributed by atoms with Gasteiger partial charge in [0.25, 0.3) is 0 Å². The number of hydrogen-bond acceptors (Lipinski definition) is 3. The molecule has 3 nitrogen and oxygen atoms in total. The fraction of sp³-hybridized carbons (Fsp3) is 0.600. The summed E-state index contributed by atoms with van der Waals surface area (Å²) in [6.45, 7) is 0.0437. The van der Waals surface area contributed by atoms with E-state index in [-0.39, 0.29) is 29.5 Å². The van der Waals surface area contributed by atoms with Crippen molar-refractivity contribution >= 4 is 11.6 Å². The average molecular weight is 314 g/mol. The van der Waals surface area contributed by atoms with E-state index in [1.807, 2.05) is 30.3 Å². The molecule has 0 aromatic heterocycles. The van der Waals surface area contributed by atoms with Gasteiger partial charge in [-0.3, -0.25) is 9.59 Å². The molecular formula is C20H26O3. The second kappa shape index (κ2) is 6.96. The van der Waals surface area contributed by atoms with Crippen LogP contribution in [0.15, 0.2) is 30.3 Å². The van der Waals surface area contributed by atoms with Crippen molar-refractivity contribution in [1.29, 1.82) is 0 Å². The van der Waals surface area contributed by atoms with Gasteiger partial charge in [-0.15, -0.1) is 0 Å². The van der Waals surface area contributed by atoms with Crippen LogP contribution < -0.4 is 0 Å². The standard InChI is InChI=1S/C20H26O3/c21-14-20(11-5-2-6-12-20)17-13-18(22)16(19(17)23)10-9-15-7-3-1-4-8-15/h1,3-4,7-8,16-17,21H,2,5-6,9-14H2/t16?,17-/m0/s1. The number of rotatable bonds is 5. The van der Waals surface area contributed by atoms with Crippen molar-refractivity contribution in [2.45, 2.75) is 51.4 Å². The van der Waals surface area contributed by atoms with E-state index in [1.54, 1.807) is 0 Å². The molecule has 1 aromatic carbocycles. The first-order valence-corrected chi connectivity index (χ1v) is 8.87. The largest absolute Gasteiger partial charge is 0.396 e. The molecule has 3 rings (SSSR count). The Morgan fingerprint density at radius 3 is 2.39 bits per heavy atom. The van der Waals surface area contributed by atoms with Crippen LogP contribution in [0.5, 0.6) is 0 Å². The summed E-state index contributed by atoms with van der Waals surface area (Å²) in [5.74, 6) is -0.511. The lowest BCUT2D eigenvalue weighted by Crippen LogP contribution is -2.39. The molecule has 2 aliphatic rings. The lowest BCUT2D eigenvalue weighted by Gasteiger charge is -2.39. The maximum Gasteiger partial charge on any atom is 0.147 e. The number of Topliss-reactive ketones (excluding diaryl/α,β-unsaturated/α-hetero) is 2. The molecule has 0 saturated heterocycles. The number of carbonyl (C=O) groups is 2. The van der Waals surface area contributed by atoms with Crippen LogP contribution in [0.4, 0.5) is 0 Å². The highest BCUT2D eigenvalue weighted by molar-refractivity contribution is 6.10. The summed E-state index contributed by atoms with van der Waals surface area (Å²) >= 11 is 0. The highest BCUT2D eigenvalue weighted by Crippen LogP contribution is 2.48. The highest BCUT2D eigenvalue weighted by Gasteiger charge is 2.51. The predicted molar refractivity (Wildman–Crippen MR) is 89.0 cm³/mol. The van der Waals surface area contributed by atoms with Gasteiger partial charge in [0.2, 0.25) is 0 Å². The third-order valence-electron chi connectivity index (χ3n) is 5.95. The summed E-state index contributed by atoms with van der Waals surface area (Å²) in [6.07, 6.45) is 6.80. The van der Waals surface area contributed by atoms with Crippen molar-refractivity contribution in [3.05, 3.63) is 35.9 Å². The van der Waals surface area contributed by atoms with Crippen molar-refractivity contribution < 1.29 is 14.7 Å². The first-order valence-electron chi connectivity index (χ1n) is 8.87. The normalized spacial score (nSPS) is 27.3. The van der Waals surface area contributed by atoms with Crippen molar-refractivity contribution in [2.24, 2.45) is 17.3 Å². The van der Waals surface area contributed by atoms with E-state index in [2.05, 4.69) is 0 Å². The minimum atomic E-state index is -0.453. The van der Waals surface area contributed by atoms with Gasteiger partial charge in [-0.2, -0.15) is 0 Å². The molecule has 0 amide bonds. The number of ketones is 2. The van der Waals surface area contributed by atoms with Crippen LogP contribution in [0.2, 0.25) is 0 Å². The molecule has 124 valence electrons. The second-order valence-corrected chi connectivity index (χ2v) is 7.28. The Bertz CT molecular complexity index is 558. The molecule has 0 radical (unpaired) electrons. The molecule has 1 N–H and O–H groups in total. The van der Waals surface area contributed by atoms with Crippen molar-refractivity contribution in [3.63, 3.8) is 0 Å². The van der Waals surface area contributed by atoms with Crippen molar-refractivity contribution in [1.82, 2.24) is 0 Å². The summed E-state index contributed by atoms with van der Waals surface area (Å²) in [5.41, 5.74) is 0.845. The second-order valence-electron chi connectivity index (χ2n) is 7.28. The third kappa shape index (κ3) is 3.25. The van der Waals surface area contributed by atoms with Crippen LogP contribution in [-0.2, 0) is 16.0 Å². The van der Waals surface area contributed by atoms with Gasteiger partial charge in [0.15, 0.2) is 0 Å². The average Bonchev–Trinajstić information content (AvgIpc) is 2.89. The molecule has 3 heteroatoms. The van der Waals surface area contributed by atoms with Gasteiger partial charge in [-0.25, -0.2) is 0 Å². The van der Waals surface area contributed by atoms with Crippen molar-refractivity contribution in [2.75, 3.05) is 6.61 Å². The number of aliphatic hydroxyl groups is 1. The van der Waals surface area contributed by atoms with E-state index >= 15 is 0 Å². The van der Waals surface area contributed by atoms with Crippen LogP contribution in [0.25, 0.3) is 0 Å². The van der Waals surface area contributed by atoms with Crippen LogP contribution in [0, 0.1) is 17.3 Å². The van der Waals surface area contributed by atoms with Crippen LogP contribution in [0.3, 0.4) is 0 Å². The zero-order valence-corrected chi connectivity index (χ0v) is 13.7. The van der Waals surface area contributed by atoms with E-state index in [0.29, 0.717) is 12.8 Å². The Labute approximate surface area is 138 Å². The first kappa shape index (κ1) is 16.4. The lowest BCUT2D eigenvalue weighted by molar-refractivity contribution is -0.131. The smallest absolute Gasteiger partial charge is 0.147 e. The summed E-state index contributed by atoms with van der Waals surface area (Å²) in [5, 5.41) is 9.94. The number of aliphatic hydroxyl groups excluding tert-OH is 1. The molecule has 2 aliphatic carbocycles. The summed E-state index contributed by atoms with van der Waals surface area (Å²) in [7, 11) is 0. The van der Waals surface area contributed by atoms with Gasteiger partial charge in [-0.05, 0) is 31.2 Å². The molecular weight excluding hydrogens is 288 g/mol. The zero-order chi connectivity index (χ0) is 16.3. The van der Waals surface area contributed by atoms with Crippen LogP contribution >= 0.6 is 0 Å². The highest BCUT2D eigenvalue weighted by atomic mass is 16.3. The molecule has 1 unspecified atom stereocenters. The van der Waals surface area contributed by atoms with Gasteiger partial charge in [-0.1, -0.05) is 49.6 Å². The molecule has 2 fully saturated rings. The van der Waals surface area contributed by atoms with E-state index < -0.39 is 5.92 Å². The van der Waals surface area contributed by atoms with Crippen LogP contribution in [0.1, 0.15) is 50.5 Å². The minimum Gasteiger partial charge on any atom is -0.396 e. The molecule has 0 bridgehead atoms. The Morgan fingerprint density at radius 1 is 1.04 bits per heavy atom. The van der Waals surface area contributed by atoms with Gasteiger partial charge in [0.05, 0.1) is 5.92 Å². The Morgan fingerprint density at radius 2 is 1.74 bits per heavy atom. The van der Waals surface area contributed by atoms with E-state index in [4.69, 9.17) is 0 Å². The fourth-order valence-corrected chi connectivity index (χ4v) is 4.50. The predicted octanol–water partition coefficient (Wildman–Crippen LogP) is 3.34. The number of aryl methyl sites for hydroxylation is 1. The summed E-state index contributed by atoms with van der Waals surface area (Å²) < 4.78 is 0. The molecule has 2 atom stereocenters. The zero-order valence-electron chi connectivity index (χ0n) is 13.7. The van der Waals surface area contributed by atoms with E-state index in [9.17, 15) is 14.7 Å². The van der Waals surface area contributed by atoms with Gasteiger partial charge < -0.3 is 5.11 Å². The Kier molecular flexibility index (Phi) is 4.96.